The molecule has 0 atom stereocenters. The summed E-state index contributed by atoms with van der Waals surface area (Å²) in [6.45, 7) is 3.11. The molecule has 0 unspecified atom stereocenters. The quantitative estimate of drug-likeness (QED) is 0.935. The fraction of sp³-hybridized carbons (Fsp3) is 0.357. The Balaban J connectivity index is 2.34. The summed E-state index contributed by atoms with van der Waals surface area (Å²) >= 11 is 1.45. The number of methoxy groups -OCH3 is 1. The minimum absolute atomic E-state index is 0.0478. The van der Waals surface area contributed by atoms with E-state index >= 15 is 0 Å². The summed E-state index contributed by atoms with van der Waals surface area (Å²) in [4.78, 5) is 14.6. The van der Waals surface area contributed by atoms with Crippen LogP contribution in [0.3, 0.4) is 0 Å². The van der Waals surface area contributed by atoms with Gasteiger partial charge in [-0.3, -0.25) is 4.79 Å². The van der Waals surface area contributed by atoms with Gasteiger partial charge in [-0.25, -0.2) is 0 Å². The first kappa shape index (κ1) is 13.8. The van der Waals surface area contributed by atoms with Crippen molar-refractivity contribution in [3.8, 4) is 0 Å². The third-order valence-corrected chi connectivity index (χ3v) is 4.21. The summed E-state index contributed by atoms with van der Waals surface area (Å²) < 4.78 is 6.04. The molecule has 1 heterocycles. The summed E-state index contributed by atoms with van der Waals surface area (Å²) in [5, 5.41) is 0.957. The van der Waals surface area contributed by atoms with Crippen LogP contribution in [-0.4, -0.2) is 38.1 Å². The number of hydrogen-bond acceptors (Lipinski definition) is 4. The fourth-order valence-corrected chi connectivity index (χ4v) is 3.10. The van der Waals surface area contributed by atoms with Crippen LogP contribution < -0.4 is 5.73 Å². The van der Waals surface area contributed by atoms with Crippen LogP contribution in [0.25, 0.3) is 10.1 Å². The monoisotopic (exact) mass is 278 g/mol. The molecule has 5 heteroatoms. The molecular weight excluding hydrogens is 260 g/mol. The topological polar surface area (TPSA) is 55.6 Å². The predicted octanol–water partition coefficient (Wildman–Crippen LogP) is 2.51. The zero-order valence-electron chi connectivity index (χ0n) is 11.4. The number of thiophene rings is 1. The first-order valence-corrected chi connectivity index (χ1v) is 6.89. The maximum atomic E-state index is 12.3. The van der Waals surface area contributed by atoms with Crippen LogP contribution in [0.5, 0.6) is 0 Å². The van der Waals surface area contributed by atoms with Crippen molar-refractivity contribution < 1.29 is 9.53 Å². The molecule has 4 nitrogen and oxygen atoms in total. The lowest BCUT2D eigenvalue weighted by atomic mass is 10.1. The van der Waals surface area contributed by atoms with Gasteiger partial charge in [-0.2, -0.15) is 0 Å². The van der Waals surface area contributed by atoms with E-state index in [1.54, 1.807) is 19.1 Å². The molecule has 1 amide bonds. The number of nitrogens with zero attached hydrogens (tertiary/aromatic N) is 1. The number of ether oxygens (including phenoxy) is 1. The molecule has 1 aromatic heterocycles. The van der Waals surface area contributed by atoms with Crippen LogP contribution in [0, 0.1) is 6.92 Å². The van der Waals surface area contributed by atoms with E-state index in [9.17, 15) is 4.79 Å². The largest absolute Gasteiger partial charge is 0.397 e. The molecule has 2 rings (SSSR count). The van der Waals surface area contributed by atoms with Gasteiger partial charge in [0.05, 0.1) is 12.3 Å². The maximum Gasteiger partial charge on any atom is 0.265 e. The highest BCUT2D eigenvalue weighted by molar-refractivity contribution is 7.21. The molecule has 1 aromatic carbocycles. The van der Waals surface area contributed by atoms with Crippen molar-refractivity contribution in [3.63, 3.8) is 0 Å². The Morgan fingerprint density at radius 3 is 2.89 bits per heavy atom. The number of benzene rings is 1. The van der Waals surface area contributed by atoms with Crippen LogP contribution in [0.1, 0.15) is 15.2 Å². The number of aryl methyl sites for hydroxylation is 1. The van der Waals surface area contributed by atoms with Crippen LogP contribution in [0.4, 0.5) is 5.69 Å². The number of fused-ring (bicyclic) bond motifs is 1. The lowest BCUT2D eigenvalue weighted by molar-refractivity contribution is 0.0750. The van der Waals surface area contributed by atoms with Crippen molar-refractivity contribution in [2.45, 2.75) is 6.92 Å². The van der Waals surface area contributed by atoms with Gasteiger partial charge in [0.2, 0.25) is 0 Å². The predicted molar refractivity (Wildman–Crippen MR) is 79.8 cm³/mol. The molecule has 0 bridgehead atoms. The third-order valence-electron chi connectivity index (χ3n) is 3.06. The fourth-order valence-electron chi connectivity index (χ4n) is 1.89. The van der Waals surface area contributed by atoms with Crippen molar-refractivity contribution in [2.24, 2.45) is 0 Å². The molecule has 0 spiro atoms. The van der Waals surface area contributed by atoms with Crippen molar-refractivity contribution in [1.82, 2.24) is 4.90 Å². The molecule has 0 aliphatic rings. The van der Waals surface area contributed by atoms with Crippen LogP contribution >= 0.6 is 11.3 Å². The van der Waals surface area contributed by atoms with Gasteiger partial charge >= 0.3 is 0 Å². The minimum atomic E-state index is -0.0478. The van der Waals surface area contributed by atoms with E-state index in [4.69, 9.17) is 10.5 Å². The zero-order chi connectivity index (χ0) is 14.0. The van der Waals surface area contributed by atoms with Gasteiger partial charge in [-0.05, 0) is 18.6 Å². The van der Waals surface area contributed by atoms with Gasteiger partial charge in [-0.15, -0.1) is 11.3 Å². The lowest BCUT2D eigenvalue weighted by Gasteiger charge is -2.15. The second kappa shape index (κ2) is 5.59. The first-order valence-electron chi connectivity index (χ1n) is 6.07. The highest BCUT2D eigenvalue weighted by Crippen LogP contribution is 2.34. The van der Waals surface area contributed by atoms with E-state index in [0.29, 0.717) is 23.7 Å². The van der Waals surface area contributed by atoms with Gasteiger partial charge in [0.25, 0.3) is 5.91 Å². The van der Waals surface area contributed by atoms with Crippen LogP contribution in [0.2, 0.25) is 0 Å². The van der Waals surface area contributed by atoms with E-state index in [2.05, 4.69) is 6.07 Å². The second-order valence-electron chi connectivity index (χ2n) is 4.56. The molecule has 0 saturated heterocycles. The summed E-state index contributed by atoms with van der Waals surface area (Å²) in [6.07, 6.45) is 0. The highest BCUT2D eigenvalue weighted by Gasteiger charge is 2.19. The number of anilines is 1. The molecular formula is C14H18N2O2S. The van der Waals surface area contributed by atoms with Crippen molar-refractivity contribution in [3.05, 3.63) is 28.6 Å². The molecule has 2 N–H and O–H groups in total. The lowest BCUT2D eigenvalue weighted by Crippen LogP contribution is -2.29. The molecule has 0 fully saturated rings. The summed E-state index contributed by atoms with van der Waals surface area (Å²) in [5.41, 5.74) is 7.83. The molecule has 0 radical (unpaired) electrons. The van der Waals surface area contributed by atoms with Crippen molar-refractivity contribution in [2.75, 3.05) is 33.0 Å². The van der Waals surface area contributed by atoms with E-state index in [1.165, 1.54) is 16.9 Å². The molecule has 0 saturated carbocycles. The van der Waals surface area contributed by atoms with Gasteiger partial charge < -0.3 is 15.4 Å². The molecule has 19 heavy (non-hydrogen) atoms. The third kappa shape index (κ3) is 2.72. The Bertz CT molecular complexity index is 607. The first-order chi connectivity index (χ1) is 9.04. The number of nitrogens with two attached hydrogens (primary N) is 1. The Morgan fingerprint density at radius 1 is 1.47 bits per heavy atom. The normalized spacial score (nSPS) is 10.9. The minimum Gasteiger partial charge on any atom is -0.397 e. The standard InChI is InChI=1S/C14H18N2O2S/c1-9-4-5-10-11(8-9)19-13(12(10)15)14(17)16(2)6-7-18-3/h4-5,8H,6-7,15H2,1-3H3. The van der Waals surface area contributed by atoms with Crippen LogP contribution in [-0.2, 0) is 4.74 Å². The highest BCUT2D eigenvalue weighted by atomic mass is 32.1. The van der Waals surface area contributed by atoms with Crippen molar-refractivity contribution in [1.29, 1.82) is 0 Å². The number of rotatable bonds is 4. The molecule has 102 valence electrons. The summed E-state index contributed by atoms with van der Waals surface area (Å²) in [7, 11) is 3.38. The molecule has 2 aromatic rings. The summed E-state index contributed by atoms with van der Waals surface area (Å²) in [6, 6.07) is 6.04. The Labute approximate surface area is 116 Å². The van der Waals surface area contributed by atoms with E-state index in [0.717, 1.165) is 10.1 Å². The molecule has 0 aliphatic carbocycles. The average Bonchev–Trinajstić information content (AvgIpc) is 2.71. The van der Waals surface area contributed by atoms with Gasteiger partial charge in [0.1, 0.15) is 4.88 Å². The number of hydrogen-bond donors (Lipinski definition) is 1. The second-order valence-corrected chi connectivity index (χ2v) is 5.62. The van der Waals surface area contributed by atoms with E-state index in [-0.39, 0.29) is 5.91 Å². The van der Waals surface area contributed by atoms with Gasteiger partial charge in [0, 0.05) is 30.8 Å². The average molecular weight is 278 g/mol. The Hall–Kier alpha value is -1.59. The van der Waals surface area contributed by atoms with Gasteiger partial charge in [0.15, 0.2) is 0 Å². The number of carbonyl (C=O) groups is 1. The van der Waals surface area contributed by atoms with E-state index in [1.807, 2.05) is 19.1 Å². The smallest absolute Gasteiger partial charge is 0.265 e. The summed E-state index contributed by atoms with van der Waals surface area (Å²) in [5.74, 6) is -0.0478. The number of amides is 1. The number of likely N-dealkylation sites (N-methyl/N-ethyl adjacent to an activating group) is 1. The maximum absolute atomic E-state index is 12.3. The van der Waals surface area contributed by atoms with Crippen molar-refractivity contribution >= 4 is 33.0 Å². The van der Waals surface area contributed by atoms with Gasteiger partial charge in [-0.1, -0.05) is 12.1 Å². The molecule has 0 aliphatic heterocycles. The van der Waals surface area contributed by atoms with E-state index < -0.39 is 0 Å². The van der Waals surface area contributed by atoms with Crippen LogP contribution in [0.15, 0.2) is 18.2 Å². The number of nitrogen functional groups attached to an aromatic ring is 1. The Kier molecular flexibility index (Phi) is 4.07. The number of carbonyl (C=O) groups excluding carboxylic acids is 1. The Morgan fingerprint density at radius 2 is 2.21 bits per heavy atom. The SMILES string of the molecule is COCCN(C)C(=O)c1sc2cc(C)ccc2c1N. The zero-order valence-corrected chi connectivity index (χ0v) is 12.2.